The van der Waals surface area contributed by atoms with Crippen molar-refractivity contribution in [2.75, 3.05) is 10.6 Å². The number of aryl methyl sites for hydroxylation is 2. The van der Waals surface area contributed by atoms with Crippen LogP contribution in [-0.2, 0) is 0 Å². The van der Waals surface area contributed by atoms with Crippen LogP contribution in [0.4, 0.5) is 11.4 Å². The van der Waals surface area contributed by atoms with E-state index in [1.807, 2.05) is 98.8 Å². The normalized spacial score (nSPS) is 10.5. The summed E-state index contributed by atoms with van der Waals surface area (Å²) in [5.74, 6) is -0.292. The number of carbonyl (C=O) groups excluding carboxylic acids is 2. The third-order valence-electron chi connectivity index (χ3n) is 5.05. The Balaban J connectivity index is 1.47. The van der Waals surface area contributed by atoms with Crippen molar-refractivity contribution >= 4 is 44.8 Å². The number of hydrogen-bond donors (Lipinski definition) is 2. The summed E-state index contributed by atoms with van der Waals surface area (Å²) in [6, 6.07) is 30.4. The van der Waals surface area contributed by atoms with Crippen molar-refractivity contribution in [3.05, 3.63) is 119 Å². The monoisotopic (exact) mass is 484 g/mol. The van der Waals surface area contributed by atoms with Gasteiger partial charge in [0.1, 0.15) is 0 Å². The molecule has 0 aliphatic carbocycles. The SMILES string of the molecule is Cc1cccc(C(=O)Nc2ccccc2SSc2ccccc2NC(=O)c2cccc(C)c2)c1. The zero-order chi connectivity index (χ0) is 23.9. The zero-order valence-electron chi connectivity index (χ0n) is 18.9. The largest absolute Gasteiger partial charge is 0.321 e. The van der Waals surface area contributed by atoms with E-state index in [0.717, 1.165) is 32.3 Å². The molecule has 0 saturated carbocycles. The topological polar surface area (TPSA) is 58.2 Å². The fraction of sp³-hybridized carbons (Fsp3) is 0.0714. The minimum Gasteiger partial charge on any atom is -0.321 e. The van der Waals surface area contributed by atoms with Gasteiger partial charge < -0.3 is 10.6 Å². The number of para-hydroxylation sites is 2. The van der Waals surface area contributed by atoms with E-state index in [1.165, 1.54) is 21.6 Å². The third-order valence-corrected chi connectivity index (χ3v) is 7.53. The molecule has 0 aromatic heterocycles. The van der Waals surface area contributed by atoms with Crippen LogP contribution in [-0.4, -0.2) is 11.8 Å². The standard InChI is InChI=1S/C28H24N2O2S2/c1-19-9-7-11-21(17-19)27(31)29-23-13-3-5-15-25(23)33-34-26-16-6-4-14-24(26)30-28(32)22-12-8-10-20(2)18-22/h3-18H,1-2H3,(H,29,31)(H,30,32). The molecule has 0 heterocycles. The van der Waals surface area contributed by atoms with Gasteiger partial charge in [-0.2, -0.15) is 0 Å². The Morgan fingerprint density at radius 3 is 1.38 bits per heavy atom. The molecular weight excluding hydrogens is 460 g/mol. The first-order chi connectivity index (χ1) is 16.5. The Morgan fingerprint density at radius 1 is 0.559 bits per heavy atom. The Bertz CT molecular complexity index is 1230. The highest BCUT2D eigenvalue weighted by atomic mass is 33.1. The van der Waals surface area contributed by atoms with Crippen LogP contribution in [0.25, 0.3) is 0 Å². The molecule has 2 N–H and O–H groups in total. The fourth-order valence-electron chi connectivity index (χ4n) is 3.34. The van der Waals surface area contributed by atoms with E-state index in [4.69, 9.17) is 0 Å². The molecule has 0 saturated heterocycles. The van der Waals surface area contributed by atoms with Gasteiger partial charge in [0.05, 0.1) is 11.4 Å². The van der Waals surface area contributed by atoms with Crippen LogP contribution in [0.3, 0.4) is 0 Å². The lowest BCUT2D eigenvalue weighted by Crippen LogP contribution is -2.12. The highest BCUT2D eigenvalue weighted by Crippen LogP contribution is 2.43. The molecule has 170 valence electrons. The predicted molar refractivity (Wildman–Crippen MR) is 143 cm³/mol. The second-order valence-electron chi connectivity index (χ2n) is 7.81. The average Bonchev–Trinajstić information content (AvgIpc) is 2.84. The highest BCUT2D eigenvalue weighted by molar-refractivity contribution is 8.76. The molecule has 34 heavy (non-hydrogen) atoms. The Morgan fingerprint density at radius 2 is 0.971 bits per heavy atom. The van der Waals surface area contributed by atoms with Crippen molar-refractivity contribution in [1.82, 2.24) is 0 Å². The van der Waals surface area contributed by atoms with Crippen molar-refractivity contribution in [3.8, 4) is 0 Å². The Hall–Kier alpha value is -3.48. The van der Waals surface area contributed by atoms with Crippen LogP contribution in [0, 0.1) is 13.8 Å². The van der Waals surface area contributed by atoms with Gasteiger partial charge in [-0.05, 0) is 62.4 Å². The number of hydrogen-bond acceptors (Lipinski definition) is 4. The highest BCUT2D eigenvalue weighted by Gasteiger charge is 2.13. The van der Waals surface area contributed by atoms with Crippen LogP contribution < -0.4 is 10.6 Å². The lowest BCUT2D eigenvalue weighted by atomic mass is 10.1. The van der Waals surface area contributed by atoms with Gasteiger partial charge in [-0.3, -0.25) is 9.59 Å². The molecule has 6 heteroatoms. The molecule has 0 fully saturated rings. The van der Waals surface area contributed by atoms with Gasteiger partial charge in [0.25, 0.3) is 11.8 Å². The van der Waals surface area contributed by atoms with Crippen LogP contribution in [0.2, 0.25) is 0 Å². The summed E-state index contributed by atoms with van der Waals surface area (Å²) in [4.78, 5) is 27.4. The van der Waals surface area contributed by atoms with E-state index in [2.05, 4.69) is 10.6 Å². The van der Waals surface area contributed by atoms with Crippen LogP contribution in [0.5, 0.6) is 0 Å². The van der Waals surface area contributed by atoms with Crippen LogP contribution >= 0.6 is 21.6 Å². The smallest absolute Gasteiger partial charge is 0.255 e. The van der Waals surface area contributed by atoms with Crippen molar-refractivity contribution in [2.24, 2.45) is 0 Å². The molecule has 0 bridgehead atoms. The lowest BCUT2D eigenvalue weighted by molar-refractivity contribution is 0.101. The summed E-state index contributed by atoms with van der Waals surface area (Å²) in [6.45, 7) is 3.93. The molecule has 4 aromatic carbocycles. The molecule has 0 spiro atoms. The van der Waals surface area contributed by atoms with E-state index in [9.17, 15) is 9.59 Å². The average molecular weight is 485 g/mol. The molecule has 2 amide bonds. The van der Waals surface area contributed by atoms with Crippen molar-refractivity contribution in [1.29, 1.82) is 0 Å². The first-order valence-corrected chi connectivity index (χ1v) is 12.9. The molecule has 0 unspecified atom stereocenters. The van der Waals surface area contributed by atoms with Crippen LogP contribution in [0.1, 0.15) is 31.8 Å². The first kappa shape index (κ1) is 23.7. The molecule has 4 nitrogen and oxygen atoms in total. The lowest BCUT2D eigenvalue weighted by Gasteiger charge is -2.13. The van der Waals surface area contributed by atoms with Gasteiger partial charge in [-0.1, -0.05) is 81.2 Å². The molecule has 0 atom stereocenters. The maximum atomic E-state index is 12.8. The zero-order valence-corrected chi connectivity index (χ0v) is 20.5. The number of amides is 2. The summed E-state index contributed by atoms with van der Waals surface area (Å²) in [7, 11) is 3.06. The number of nitrogens with one attached hydrogen (secondary N) is 2. The molecule has 4 aromatic rings. The molecule has 4 rings (SSSR count). The van der Waals surface area contributed by atoms with Crippen molar-refractivity contribution in [2.45, 2.75) is 23.6 Å². The molecule has 0 aliphatic heterocycles. The number of anilines is 2. The van der Waals surface area contributed by atoms with Gasteiger partial charge in [-0.25, -0.2) is 0 Å². The maximum Gasteiger partial charge on any atom is 0.255 e. The van der Waals surface area contributed by atoms with Gasteiger partial charge in [0.15, 0.2) is 0 Å². The second-order valence-corrected chi connectivity index (χ2v) is 10.0. The molecule has 0 aliphatic rings. The van der Waals surface area contributed by atoms with Gasteiger partial charge >= 0.3 is 0 Å². The third kappa shape index (κ3) is 6.10. The molecule has 0 radical (unpaired) electrons. The van der Waals surface area contributed by atoms with E-state index in [1.54, 1.807) is 12.1 Å². The van der Waals surface area contributed by atoms with E-state index < -0.39 is 0 Å². The molecular formula is C28H24N2O2S2. The Labute approximate surface area is 207 Å². The van der Waals surface area contributed by atoms with E-state index in [0.29, 0.717) is 11.1 Å². The predicted octanol–water partition coefficient (Wildman–Crippen LogP) is 7.61. The summed E-state index contributed by atoms with van der Waals surface area (Å²) in [5.41, 5.74) is 4.80. The van der Waals surface area contributed by atoms with Gasteiger partial charge in [0.2, 0.25) is 0 Å². The first-order valence-electron chi connectivity index (χ1n) is 10.8. The van der Waals surface area contributed by atoms with E-state index >= 15 is 0 Å². The second kappa shape index (κ2) is 11.1. The summed E-state index contributed by atoms with van der Waals surface area (Å²) >= 11 is 0. The maximum absolute atomic E-state index is 12.8. The number of benzene rings is 4. The van der Waals surface area contributed by atoms with Crippen molar-refractivity contribution < 1.29 is 9.59 Å². The minimum atomic E-state index is -0.146. The minimum absolute atomic E-state index is 0.146. The summed E-state index contributed by atoms with van der Waals surface area (Å²) in [5, 5.41) is 6.04. The van der Waals surface area contributed by atoms with Crippen molar-refractivity contribution in [3.63, 3.8) is 0 Å². The summed E-state index contributed by atoms with van der Waals surface area (Å²) in [6.07, 6.45) is 0. The number of carbonyl (C=O) groups is 2. The van der Waals surface area contributed by atoms with Crippen LogP contribution in [0.15, 0.2) is 107 Å². The number of rotatable bonds is 7. The van der Waals surface area contributed by atoms with E-state index in [-0.39, 0.29) is 11.8 Å². The van der Waals surface area contributed by atoms with Gasteiger partial charge in [-0.15, -0.1) is 0 Å². The quantitative estimate of drug-likeness (QED) is 0.265. The Kier molecular flexibility index (Phi) is 7.72. The summed E-state index contributed by atoms with van der Waals surface area (Å²) < 4.78 is 0. The fourth-order valence-corrected chi connectivity index (χ4v) is 5.61. The van der Waals surface area contributed by atoms with Gasteiger partial charge in [0, 0.05) is 20.9 Å².